The zero-order valence-electron chi connectivity index (χ0n) is 12.0. The molecule has 1 saturated heterocycles. The van der Waals surface area contributed by atoms with E-state index < -0.39 is 0 Å². The molecule has 0 spiro atoms. The summed E-state index contributed by atoms with van der Waals surface area (Å²) < 4.78 is 5.65. The summed E-state index contributed by atoms with van der Waals surface area (Å²) in [6.07, 6.45) is 0.719. The van der Waals surface area contributed by atoms with Crippen molar-refractivity contribution in [3.63, 3.8) is 0 Å². The van der Waals surface area contributed by atoms with Gasteiger partial charge in [-0.2, -0.15) is 0 Å². The van der Waals surface area contributed by atoms with Crippen molar-refractivity contribution in [1.29, 1.82) is 0 Å². The van der Waals surface area contributed by atoms with Crippen molar-refractivity contribution in [2.75, 3.05) is 45.2 Å². The first-order chi connectivity index (χ1) is 9.74. The molecule has 0 saturated carbocycles. The van der Waals surface area contributed by atoms with Gasteiger partial charge in [0.25, 0.3) is 0 Å². The molecule has 0 aliphatic carbocycles. The number of ether oxygens (including phenoxy) is 1. The predicted molar refractivity (Wildman–Crippen MR) is 79.8 cm³/mol. The Morgan fingerprint density at radius 1 is 1.45 bits per heavy atom. The fourth-order valence-electron chi connectivity index (χ4n) is 2.21. The van der Waals surface area contributed by atoms with Crippen LogP contribution in [0, 0.1) is 0 Å². The molecule has 1 aromatic carbocycles. The smallest absolute Gasteiger partial charge is 0.225 e. The van der Waals surface area contributed by atoms with Crippen LogP contribution >= 0.6 is 0 Å². The van der Waals surface area contributed by atoms with Crippen molar-refractivity contribution in [1.82, 2.24) is 10.2 Å². The SMILES string of the molecule is CN(CCC(=O)Nc1ccccc1)CC1CNCCO1. The molecular weight excluding hydrogens is 254 g/mol. The minimum absolute atomic E-state index is 0.0470. The van der Waals surface area contributed by atoms with Gasteiger partial charge in [-0.15, -0.1) is 0 Å². The zero-order chi connectivity index (χ0) is 14.2. The van der Waals surface area contributed by atoms with Gasteiger partial charge >= 0.3 is 0 Å². The van der Waals surface area contributed by atoms with Crippen LogP contribution in [0.25, 0.3) is 0 Å². The Morgan fingerprint density at radius 3 is 2.95 bits per heavy atom. The van der Waals surface area contributed by atoms with E-state index in [1.54, 1.807) is 0 Å². The number of morpholine rings is 1. The molecule has 20 heavy (non-hydrogen) atoms. The topological polar surface area (TPSA) is 53.6 Å². The Balaban J connectivity index is 1.64. The van der Waals surface area contributed by atoms with Gasteiger partial charge in [-0.25, -0.2) is 0 Å². The standard InChI is InChI=1S/C15H23N3O2/c1-18(12-14-11-16-8-10-20-14)9-7-15(19)17-13-5-3-2-4-6-13/h2-6,14,16H,7-12H2,1H3,(H,17,19). The Hall–Kier alpha value is -1.43. The Labute approximate surface area is 120 Å². The Kier molecular flexibility index (Phi) is 5.98. The molecule has 1 unspecified atom stereocenters. The van der Waals surface area contributed by atoms with Crippen molar-refractivity contribution in [3.8, 4) is 0 Å². The molecule has 1 atom stereocenters. The fraction of sp³-hybridized carbons (Fsp3) is 0.533. The average molecular weight is 277 g/mol. The Morgan fingerprint density at radius 2 is 2.25 bits per heavy atom. The quantitative estimate of drug-likeness (QED) is 0.812. The lowest BCUT2D eigenvalue weighted by Gasteiger charge is -2.27. The van der Waals surface area contributed by atoms with Gasteiger partial charge in [-0.3, -0.25) is 4.79 Å². The highest BCUT2D eigenvalue weighted by Gasteiger charge is 2.15. The van der Waals surface area contributed by atoms with Gasteiger partial charge in [-0.1, -0.05) is 18.2 Å². The average Bonchev–Trinajstić information content (AvgIpc) is 2.47. The summed E-state index contributed by atoms with van der Waals surface area (Å²) in [6, 6.07) is 9.54. The van der Waals surface area contributed by atoms with Crippen molar-refractivity contribution in [2.45, 2.75) is 12.5 Å². The van der Waals surface area contributed by atoms with Crippen LogP contribution in [0.4, 0.5) is 5.69 Å². The second-order valence-corrected chi connectivity index (χ2v) is 5.12. The molecule has 1 fully saturated rings. The van der Waals surface area contributed by atoms with Gasteiger partial charge in [0.1, 0.15) is 0 Å². The van der Waals surface area contributed by atoms with E-state index in [9.17, 15) is 4.79 Å². The highest BCUT2D eigenvalue weighted by molar-refractivity contribution is 5.90. The van der Waals surface area contributed by atoms with Crippen LogP contribution in [-0.2, 0) is 9.53 Å². The third kappa shape index (κ3) is 5.28. The minimum atomic E-state index is 0.0470. The number of amides is 1. The van der Waals surface area contributed by atoms with Gasteiger partial charge in [0.05, 0.1) is 12.7 Å². The van der Waals surface area contributed by atoms with Crippen LogP contribution < -0.4 is 10.6 Å². The van der Waals surface area contributed by atoms with E-state index in [1.807, 2.05) is 37.4 Å². The summed E-state index contributed by atoms with van der Waals surface area (Å²) in [5.41, 5.74) is 0.847. The van der Waals surface area contributed by atoms with E-state index in [1.165, 1.54) is 0 Å². The maximum absolute atomic E-state index is 11.8. The van der Waals surface area contributed by atoms with E-state index in [0.29, 0.717) is 6.42 Å². The molecule has 1 heterocycles. The van der Waals surface area contributed by atoms with E-state index in [0.717, 1.165) is 38.5 Å². The van der Waals surface area contributed by atoms with Crippen molar-refractivity contribution < 1.29 is 9.53 Å². The first-order valence-corrected chi connectivity index (χ1v) is 7.10. The van der Waals surface area contributed by atoms with Crippen molar-refractivity contribution >= 4 is 11.6 Å². The van der Waals surface area contributed by atoms with Crippen LogP contribution in [0.2, 0.25) is 0 Å². The van der Waals surface area contributed by atoms with Crippen LogP contribution in [-0.4, -0.2) is 56.7 Å². The molecule has 0 aromatic heterocycles. The van der Waals surface area contributed by atoms with Gasteiger partial charge in [-0.05, 0) is 19.2 Å². The largest absolute Gasteiger partial charge is 0.374 e. The first kappa shape index (κ1) is 15.0. The normalized spacial score (nSPS) is 19.0. The summed E-state index contributed by atoms with van der Waals surface area (Å²) in [4.78, 5) is 14.0. The predicted octanol–water partition coefficient (Wildman–Crippen LogP) is 0.935. The molecule has 0 radical (unpaired) electrons. The Bertz CT molecular complexity index is 405. The monoisotopic (exact) mass is 277 g/mol. The second-order valence-electron chi connectivity index (χ2n) is 5.12. The van der Waals surface area contributed by atoms with Gasteiger partial charge in [0.15, 0.2) is 0 Å². The number of para-hydroxylation sites is 1. The van der Waals surface area contributed by atoms with Gasteiger partial charge < -0.3 is 20.3 Å². The molecule has 1 amide bonds. The number of nitrogens with zero attached hydrogens (tertiary/aromatic N) is 1. The van der Waals surface area contributed by atoms with Gasteiger partial charge in [0, 0.05) is 38.3 Å². The lowest BCUT2D eigenvalue weighted by atomic mass is 10.2. The third-order valence-electron chi connectivity index (χ3n) is 3.30. The fourth-order valence-corrected chi connectivity index (χ4v) is 2.21. The number of carbonyl (C=O) groups excluding carboxylic acids is 1. The number of carbonyl (C=O) groups is 1. The second kappa shape index (κ2) is 7.99. The maximum Gasteiger partial charge on any atom is 0.225 e. The molecule has 1 aliphatic heterocycles. The van der Waals surface area contributed by atoms with Crippen LogP contribution in [0.3, 0.4) is 0 Å². The minimum Gasteiger partial charge on any atom is -0.374 e. The van der Waals surface area contributed by atoms with Crippen LogP contribution in [0.15, 0.2) is 30.3 Å². The van der Waals surface area contributed by atoms with Crippen molar-refractivity contribution in [3.05, 3.63) is 30.3 Å². The number of hydrogen-bond acceptors (Lipinski definition) is 4. The molecule has 5 heteroatoms. The third-order valence-corrected chi connectivity index (χ3v) is 3.30. The summed E-state index contributed by atoms with van der Waals surface area (Å²) in [5, 5.41) is 6.20. The van der Waals surface area contributed by atoms with E-state index in [4.69, 9.17) is 4.74 Å². The van der Waals surface area contributed by atoms with Crippen LogP contribution in [0.1, 0.15) is 6.42 Å². The molecule has 5 nitrogen and oxygen atoms in total. The lowest BCUT2D eigenvalue weighted by molar-refractivity contribution is -0.116. The number of hydrogen-bond donors (Lipinski definition) is 2. The molecule has 2 N–H and O–H groups in total. The van der Waals surface area contributed by atoms with Gasteiger partial charge in [0.2, 0.25) is 5.91 Å². The maximum atomic E-state index is 11.8. The molecule has 1 aliphatic rings. The summed E-state index contributed by atoms with van der Waals surface area (Å²) >= 11 is 0. The first-order valence-electron chi connectivity index (χ1n) is 7.10. The highest BCUT2D eigenvalue weighted by Crippen LogP contribution is 2.06. The summed E-state index contributed by atoms with van der Waals surface area (Å²) in [6.45, 7) is 4.18. The number of likely N-dealkylation sites (N-methyl/N-ethyl adjacent to an activating group) is 1. The zero-order valence-corrected chi connectivity index (χ0v) is 12.0. The number of nitrogens with one attached hydrogen (secondary N) is 2. The molecule has 0 bridgehead atoms. The van der Waals surface area contributed by atoms with Crippen molar-refractivity contribution in [2.24, 2.45) is 0 Å². The molecular formula is C15H23N3O2. The van der Waals surface area contributed by atoms with E-state index in [2.05, 4.69) is 15.5 Å². The van der Waals surface area contributed by atoms with E-state index >= 15 is 0 Å². The number of benzene rings is 1. The number of rotatable bonds is 6. The lowest BCUT2D eigenvalue weighted by Crippen LogP contribution is -2.44. The molecule has 2 rings (SSSR count). The van der Waals surface area contributed by atoms with Crippen LogP contribution in [0.5, 0.6) is 0 Å². The molecule has 110 valence electrons. The summed E-state index contributed by atoms with van der Waals surface area (Å²) in [7, 11) is 2.02. The van der Waals surface area contributed by atoms with E-state index in [-0.39, 0.29) is 12.0 Å². The summed E-state index contributed by atoms with van der Waals surface area (Å²) in [5.74, 6) is 0.0470. The molecule has 1 aromatic rings. The highest BCUT2D eigenvalue weighted by atomic mass is 16.5. The number of anilines is 1.